The molecule has 0 saturated carbocycles. The molecule has 0 saturated heterocycles. The van der Waals surface area contributed by atoms with E-state index in [2.05, 4.69) is 22.6 Å². The van der Waals surface area contributed by atoms with Crippen LogP contribution in [0.5, 0.6) is 0 Å². The molecule has 0 heterocycles. The normalized spacial score (nSPS) is 9.90. The second kappa shape index (κ2) is 3.58. The summed E-state index contributed by atoms with van der Waals surface area (Å²) in [6.45, 7) is 1.98. The Bertz CT molecular complexity index is 233. The number of hydrogen-bond acceptors (Lipinski definition) is 0. The Kier molecular flexibility index (Phi) is 2.98. The van der Waals surface area contributed by atoms with Crippen LogP contribution in [0.25, 0.3) is 0 Å². The maximum atomic E-state index is 5.89. The van der Waals surface area contributed by atoms with E-state index in [1.54, 1.807) is 0 Å². The van der Waals surface area contributed by atoms with Crippen molar-refractivity contribution in [2.75, 3.05) is 0 Å². The first kappa shape index (κ1) is 8.34. The van der Waals surface area contributed by atoms with Crippen molar-refractivity contribution >= 4 is 34.2 Å². The van der Waals surface area contributed by atoms with Gasteiger partial charge in [0.2, 0.25) is 0 Å². The van der Waals surface area contributed by atoms with Gasteiger partial charge in [-0.15, -0.1) is 0 Å². The predicted octanol–water partition coefficient (Wildman–Crippen LogP) is 3.52. The van der Waals surface area contributed by atoms with Crippen LogP contribution in [0.15, 0.2) is 18.2 Å². The third-order valence-electron chi connectivity index (χ3n) is 1.27. The molecule has 0 nitrogen and oxygen atoms in total. The summed E-state index contributed by atoms with van der Waals surface area (Å²) in [5, 5.41) is 0.828. The Morgan fingerprint density at radius 2 is 2.20 bits per heavy atom. The lowest BCUT2D eigenvalue weighted by molar-refractivity contribution is 1.41. The Morgan fingerprint density at radius 1 is 1.50 bits per heavy atom. The number of halogens is 2. The van der Waals surface area contributed by atoms with Crippen LogP contribution in [-0.4, -0.2) is 0 Å². The van der Waals surface area contributed by atoms with Gasteiger partial charge < -0.3 is 0 Å². The molecule has 0 aliphatic carbocycles. The van der Waals surface area contributed by atoms with E-state index in [1.165, 1.54) is 3.57 Å². The highest BCUT2D eigenvalue weighted by Crippen LogP contribution is 2.19. The SMILES string of the molecule is C[CH]c1ccc(I)cc1Cl. The second-order valence-corrected chi connectivity index (χ2v) is 3.61. The van der Waals surface area contributed by atoms with E-state index in [0.717, 1.165) is 10.6 Å². The third kappa shape index (κ3) is 1.86. The smallest absolute Gasteiger partial charge is 0.0451 e. The summed E-state index contributed by atoms with van der Waals surface area (Å²) < 4.78 is 1.17. The molecule has 0 atom stereocenters. The van der Waals surface area contributed by atoms with Gasteiger partial charge in [-0.3, -0.25) is 0 Å². The molecular weight excluding hydrogens is 258 g/mol. The molecule has 0 spiro atoms. The van der Waals surface area contributed by atoms with Crippen molar-refractivity contribution in [3.8, 4) is 0 Å². The average Bonchev–Trinajstić information content (AvgIpc) is 1.88. The lowest BCUT2D eigenvalue weighted by atomic mass is 10.2. The van der Waals surface area contributed by atoms with Crippen LogP contribution in [-0.2, 0) is 0 Å². The van der Waals surface area contributed by atoms with Crippen LogP contribution in [0.2, 0.25) is 5.02 Å². The molecular formula is C8H7ClI. The molecule has 1 radical (unpaired) electrons. The Balaban J connectivity index is 3.07. The van der Waals surface area contributed by atoms with Crippen molar-refractivity contribution in [2.45, 2.75) is 6.92 Å². The Hall–Kier alpha value is 0.240. The molecule has 0 N–H and O–H groups in total. The molecule has 1 aromatic rings. The zero-order chi connectivity index (χ0) is 7.56. The first-order valence-corrected chi connectivity index (χ1v) is 4.44. The number of hydrogen-bond donors (Lipinski definition) is 0. The summed E-state index contributed by atoms with van der Waals surface area (Å²) in [6, 6.07) is 6.02. The molecule has 0 aliphatic heterocycles. The number of rotatable bonds is 1. The van der Waals surface area contributed by atoms with Crippen molar-refractivity contribution in [2.24, 2.45) is 0 Å². The fourth-order valence-corrected chi connectivity index (χ4v) is 1.70. The summed E-state index contributed by atoms with van der Waals surface area (Å²) in [5.74, 6) is 0. The minimum Gasteiger partial charge on any atom is -0.0840 e. The first-order chi connectivity index (χ1) is 4.74. The summed E-state index contributed by atoms with van der Waals surface area (Å²) in [4.78, 5) is 0. The second-order valence-electron chi connectivity index (χ2n) is 1.95. The molecule has 10 heavy (non-hydrogen) atoms. The molecule has 0 aromatic heterocycles. The molecule has 0 amide bonds. The largest absolute Gasteiger partial charge is 0.0840 e. The molecule has 0 fully saturated rings. The van der Waals surface area contributed by atoms with Gasteiger partial charge in [0.05, 0.1) is 0 Å². The van der Waals surface area contributed by atoms with E-state index >= 15 is 0 Å². The van der Waals surface area contributed by atoms with Crippen molar-refractivity contribution < 1.29 is 0 Å². The molecule has 0 unspecified atom stereocenters. The summed E-state index contributed by atoms with van der Waals surface area (Å²) in [5.41, 5.74) is 1.10. The minimum atomic E-state index is 0.828. The van der Waals surface area contributed by atoms with Crippen LogP contribution in [0.1, 0.15) is 12.5 Å². The first-order valence-electron chi connectivity index (χ1n) is 2.98. The standard InChI is InChI=1S/C8H7ClI/c1-2-6-3-4-7(10)5-8(6)9/h2-5H,1H3. The van der Waals surface area contributed by atoms with Crippen LogP contribution in [0.4, 0.5) is 0 Å². The zero-order valence-corrected chi connectivity index (χ0v) is 8.48. The topological polar surface area (TPSA) is 0 Å². The zero-order valence-electron chi connectivity index (χ0n) is 5.57. The van der Waals surface area contributed by atoms with E-state index in [9.17, 15) is 0 Å². The summed E-state index contributed by atoms with van der Waals surface area (Å²) in [7, 11) is 0. The van der Waals surface area contributed by atoms with Gasteiger partial charge in [-0.25, -0.2) is 0 Å². The Labute approximate surface area is 79.7 Å². The van der Waals surface area contributed by atoms with Gasteiger partial charge in [0.25, 0.3) is 0 Å². The van der Waals surface area contributed by atoms with E-state index < -0.39 is 0 Å². The maximum absolute atomic E-state index is 5.89. The maximum Gasteiger partial charge on any atom is 0.0451 e. The Morgan fingerprint density at radius 3 is 2.70 bits per heavy atom. The fourth-order valence-electron chi connectivity index (χ4n) is 0.736. The minimum absolute atomic E-state index is 0.828. The van der Waals surface area contributed by atoms with Gasteiger partial charge in [-0.1, -0.05) is 24.6 Å². The van der Waals surface area contributed by atoms with Crippen LogP contribution < -0.4 is 0 Å². The highest BCUT2D eigenvalue weighted by molar-refractivity contribution is 14.1. The summed E-state index contributed by atoms with van der Waals surface area (Å²) in [6.07, 6.45) is 2.00. The fraction of sp³-hybridized carbons (Fsp3) is 0.125. The molecule has 53 valence electrons. The van der Waals surface area contributed by atoms with Gasteiger partial charge in [0.1, 0.15) is 0 Å². The van der Waals surface area contributed by atoms with E-state index in [0.29, 0.717) is 0 Å². The molecule has 1 rings (SSSR count). The monoisotopic (exact) mass is 265 g/mol. The number of benzene rings is 1. The van der Waals surface area contributed by atoms with Crippen molar-refractivity contribution in [1.82, 2.24) is 0 Å². The molecule has 0 aliphatic rings. The highest BCUT2D eigenvalue weighted by Gasteiger charge is 1.96. The quantitative estimate of drug-likeness (QED) is 0.682. The molecule has 2 heteroatoms. The van der Waals surface area contributed by atoms with E-state index in [4.69, 9.17) is 11.6 Å². The van der Waals surface area contributed by atoms with Gasteiger partial charge in [-0.2, -0.15) is 0 Å². The van der Waals surface area contributed by atoms with E-state index in [1.807, 2.05) is 31.5 Å². The lowest BCUT2D eigenvalue weighted by Gasteiger charge is -1.98. The van der Waals surface area contributed by atoms with Crippen molar-refractivity contribution in [3.05, 3.63) is 38.8 Å². The van der Waals surface area contributed by atoms with Crippen LogP contribution in [0, 0.1) is 9.99 Å². The van der Waals surface area contributed by atoms with E-state index in [-0.39, 0.29) is 0 Å². The molecule has 1 aromatic carbocycles. The highest BCUT2D eigenvalue weighted by atomic mass is 127. The van der Waals surface area contributed by atoms with Gasteiger partial charge in [-0.05, 0) is 46.7 Å². The summed E-state index contributed by atoms with van der Waals surface area (Å²) >= 11 is 8.13. The van der Waals surface area contributed by atoms with Gasteiger partial charge in [0.15, 0.2) is 0 Å². The van der Waals surface area contributed by atoms with Gasteiger partial charge >= 0.3 is 0 Å². The van der Waals surface area contributed by atoms with Crippen LogP contribution in [0.3, 0.4) is 0 Å². The lowest BCUT2D eigenvalue weighted by Crippen LogP contribution is -1.79. The van der Waals surface area contributed by atoms with Gasteiger partial charge in [0, 0.05) is 8.59 Å². The average molecular weight is 266 g/mol. The van der Waals surface area contributed by atoms with Crippen LogP contribution >= 0.6 is 34.2 Å². The molecule has 0 bridgehead atoms. The third-order valence-corrected chi connectivity index (χ3v) is 2.27. The predicted molar refractivity (Wildman–Crippen MR) is 53.2 cm³/mol. The van der Waals surface area contributed by atoms with Crippen molar-refractivity contribution in [1.29, 1.82) is 0 Å². The van der Waals surface area contributed by atoms with Crippen molar-refractivity contribution in [3.63, 3.8) is 0 Å².